The van der Waals surface area contributed by atoms with E-state index in [9.17, 15) is 13.6 Å². The molecule has 0 unspecified atom stereocenters. The van der Waals surface area contributed by atoms with Gasteiger partial charge in [-0.2, -0.15) is 0 Å². The van der Waals surface area contributed by atoms with Crippen molar-refractivity contribution in [1.82, 2.24) is 5.06 Å². The normalized spacial score (nSPS) is 16.0. The van der Waals surface area contributed by atoms with E-state index in [1.165, 1.54) is 12.2 Å². The molecular weight excluding hydrogens is 304 g/mol. The van der Waals surface area contributed by atoms with E-state index in [2.05, 4.69) is 0 Å². The summed E-state index contributed by atoms with van der Waals surface area (Å²) < 4.78 is 32.8. The number of halogens is 2. The monoisotopic (exact) mass is 325 g/mol. The smallest absolute Gasteiger partial charge is 0.330 e. The van der Waals surface area contributed by atoms with Gasteiger partial charge < -0.3 is 9.57 Å². The standard InChI is InChI=1S/C17H21F2NO3/c1-17(2,3)16(21)23-20-9-7-11(8-10-20)14-12(18)5-6-13(19)15(14)22-4/h5-7H,8-10H2,1-4H3. The van der Waals surface area contributed by atoms with Crippen molar-refractivity contribution in [2.45, 2.75) is 27.2 Å². The van der Waals surface area contributed by atoms with Crippen molar-refractivity contribution in [3.8, 4) is 5.75 Å². The van der Waals surface area contributed by atoms with Crippen LogP contribution >= 0.6 is 0 Å². The lowest BCUT2D eigenvalue weighted by Gasteiger charge is -2.28. The van der Waals surface area contributed by atoms with Gasteiger partial charge in [-0.1, -0.05) is 6.08 Å². The zero-order valence-corrected chi connectivity index (χ0v) is 13.8. The lowest BCUT2D eigenvalue weighted by Crippen LogP contribution is -2.36. The Kier molecular flexibility index (Phi) is 5.04. The summed E-state index contributed by atoms with van der Waals surface area (Å²) in [5.41, 5.74) is 0.179. The van der Waals surface area contributed by atoms with Gasteiger partial charge in [0.1, 0.15) is 5.82 Å². The van der Waals surface area contributed by atoms with E-state index in [-0.39, 0.29) is 17.3 Å². The summed E-state index contributed by atoms with van der Waals surface area (Å²) in [5, 5.41) is 1.51. The van der Waals surface area contributed by atoms with Gasteiger partial charge in [-0.15, -0.1) is 5.06 Å². The van der Waals surface area contributed by atoms with Crippen molar-refractivity contribution < 1.29 is 23.1 Å². The lowest BCUT2D eigenvalue weighted by atomic mass is 9.97. The number of nitrogens with zero attached hydrogens (tertiary/aromatic N) is 1. The third kappa shape index (κ3) is 3.88. The highest BCUT2D eigenvalue weighted by molar-refractivity contribution is 5.75. The summed E-state index contributed by atoms with van der Waals surface area (Å²) >= 11 is 0. The van der Waals surface area contributed by atoms with Crippen LogP contribution in [-0.2, 0) is 9.63 Å². The van der Waals surface area contributed by atoms with Crippen molar-refractivity contribution in [2.75, 3.05) is 20.2 Å². The van der Waals surface area contributed by atoms with Crippen molar-refractivity contribution in [1.29, 1.82) is 0 Å². The maximum absolute atomic E-state index is 14.1. The van der Waals surface area contributed by atoms with Crippen LogP contribution in [0.3, 0.4) is 0 Å². The number of hydrogen-bond donors (Lipinski definition) is 0. The van der Waals surface area contributed by atoms with E-state index in [0.717, 1.165) is 12.1 Å². The molecule has 1 aliphatic rings. The Morgan fingerprint density at radius 3 is 2.39 bits per heavy atom. The van der Waals surface area contributed by atoms with Crippen molar-refractivity contribution >= 4 is 11.5 Å². The van der Waals surface area contributed by atoms with E-state index in [0.29, 0.717) is 25.1 Å². The molecule has 0 bridgehead atoms. The second-order valence-corrected chi connectivity index (χ2v) is 6.43. The number of rotatable bonds is 3. The van der Waals surface area contributed by atoms with Crippen LogP contribution in [0, 0.1) is 17.0 Å². The molecular formula is C17H21F2NO3. The van der Waals surface area contributed by atoms with Crippen LogP contribution in [0.5, 0.6) is 5.75 Å². The third-order valence-electron chi connectivity index (χ3n) is 3.58. The summed E-state index contributed by atoms with van der Waals surface area (Å²) in [6, 6.07) is 2.12. The molecule has 0 aliphatic carbocycles. The first-order valence-electron chi connectivity index (χ1n) is 7.42. The SMILES string of the molecule is COc1c(F)ccc(F)c1C1=CCN(OC(=O)C(C)(C)C)CC1. The number of ether oxygens (including phenoxy) is 1. The second kappa shape index (κ2) is 6.66. The van der Waals surface area contributed by atoms with Gasteiger partial charge in [0, 0.05) is 6.54 Å². The molecule has 1 heterocycles. The number of carbonyl (C=O) groups is 1. The average Bonchev–Trinajstić information content (AvgIpc) is 2.49. The van der Waals surface area contributed by atoms with Crippen molar-refractivity contribution in [3.63, 3.8) is 0 Å². The van der Waals surface area contributed by atoms with Crippen molar-refractivity contribution in [3.05, 3.63) is 35.4 Å². The molecule has 1 aliphatic heterocycles. The predicted molar refractivity (Wildman–Crippen MR) is 82.6 cm³/mol. The van der Waals surface area contributed by atoms with E-state index in [4.69, 9.17) is 9.57 Å². The molecule has 0 spiro atoms. The highest BCUT2D eigenvalue weighted by atomic mass is 19.1. The van der Waals surface area contributed by atoms with Gasteiger partial charge in [0.15, 0.2) is 11.6 Å². The van der Waals surface area contributed by atoms with Crippen LogP contribution in [0.1, 0.15) is 32.8 Å². The molecule has 0 radical (unpaired) electrons. The number of hydroxylamine groups is 2. The van der Waals surface area contributed by atoms with Crippen LogP contribution in [0.25, 0.3) is 5.57 Å². The highest BCUT2D eigenvalue weighted by Gasteiger charge is 2.28. The van der Waals surface area contributed by atoms with E-state index >= 15 is 0 Å². The molecule has 0 fully saturated rings. The molecule has 4 nitrogen and oxygen atoms in total. The minimum Gasteiger partial charge on any atom is -0.493 e. The minimum atomic E-state index is -0.605. The maximum atomic E-state index is 14.1. The Bertz CT molecular complexity index is 635. The summed E-state index contributed by atoms with van der Waals surface area (Å²) in [6.07, 6.45) is 2.15. The molecule has 0 saturated heterocycles. The van der Waals surface area contributed by atoms with E-state index in [1.54, 1.807) is 26.8 Å². The third-order valence-corrected chi connectivity index (χ3v) is 3.58. The van der Waals surface area contributed by atoms with Crippen LogP contribution in [0.15, 0.2) is 18.2 Å². The molecule has 0 aromatic heterocycles. The highest BCUT2D eigenvalue weighted by Crippen LogP contribution is 2.34. The summed E-state index contributed by atoms with van der Waals surface area (Å²) in [6.45, 7) is 6.04. The molecule has 0 saturated carbocycles. The predicted octanol–water partition coefficient (Wildman–Crippen LogP) is 3.57. The Hall–Kier alpha value is -1.95. The fraction of sp³-hybridized carbons (Fsp3) is 0.471. The second-order valence-electron chi connectivity index (χ2n) is 6.43. The molecule has 0 N–H and O–H groups in total. The average molecular weight is 325 g/mol. The van der Waals surface area contributed by atoms with Gasteiger partial charge in [-0.05, 0) is 44.9 Å². The van der Waals surface area contributed by atoms with Gasteiger partial charge in [-0.3, -0.25) is 0 Å². The van der Waals surface area contributed by atoms with Gasteiger partial charge in [0.05, 0.1) is 24.6 Å². The molecule has 126 valence electrons. The van der Waals surface area contributed by atoms with E-state index in [1.807, 2.05) is 0 Å². The van der Waals surface area contributed by atoms with Crippen molar-refractivity contribution in [2.24, 2.45) is 5.41 Å². The van der Waals surface area contributed by atoms with Gasteiger partial charge in [0.2, 0.25) is 0 Å². The largest absolute Gasteiger partial charge is 0.493 e. The van der Waals surface area contributed by atoms with Gasteiger partial charge >= 0.3 is 5.97 Å². The van der Waals surface area contributed by atoms with E-state index < -0.39 is 17.0 Å². The minimum absolute atomic E-state index is 0.101. The molecule has 0 atom stereocenters. The molecule has 1 aromatic rings. The van der Waals surface area contributed by atoms with Crippen LogP contribution in [0.2, 0.25) is 0 Å². The Balaban J connectivity index is 2.17. The topological polar surface area (TPSA) is 38.8 Å². The number of methoxy groups -OCH3 is 1. The molecule has 1 aromatic carbocycles. The van der Waals surface area contributed by atoms with Gasteiger partial charge in [0.25, 0.3) is 0 Å². The molecule has 23 heavy (non-hydrogen) atoms. The van der Waals surface area contributed by atoms with Crippen LogP contribution in [-0.4, -0.2) is 31.2 Å². The number of benzene rings is 1. The summed E-state index contributed by atoms with van der Waals surface area (Å²) in [7, 11) is 1.31. The summed E-state index contributed by atoms with van der Waals surface area (Å²) in [4.78, 5) is 17.2. The molecule has 0 amide bonds. The van der Waals surface area contributed by atoms with Crippen LogP contribution in [0.4, 0.5) is 8.78 Å². The number of carbonyl (C=O) groups excluding carboxylic acids is 1. The Morgan fingerprint density at radius 1 is 1.22 bits per heavy atom. The first kappa shape index (κ1) is 17.4. The summed E-state index contributed by atoms with van der Waals surface area (Å²) in [5.74, 6) is -1.57. The Labute approximate surface area is 134 Å². The molecule has 2 rings (SSSR count). The fourth-order valence-electron chi connectivity index (χ4n) is 2.25. The number of hydrogen-bond acceptors (Lipinski definition) is 4. The maximum Gasteiger partial charge on any atom is 0.330 e. The quantitative estimate of drug-likeness (QED) is 0.852. The molecule has 6 heteroatoms. The first-order valence-corrected chi connectivity index (χ1v) is 7.42. The lowest BCUT2D eigenvalue weighted by molar-refractivity contribution is -0.198. The first-order chi connectivity index (χ1) is 10.7. The Morgan fingerprint density at radius 2 is 1.87 bits per heavy atom. The van der Waals surface area contributed by atoms with Crippen LogP contribution < -0.4 is 4.74 Å². The van der Waals surface area contributed by atoms with Gasteiger partial charge in [-0.25, -0.2) is 13.6 Å². The zero-order chi connectivity index (χ0) is 17.2. The zero-order valence-electron chi connectivity index (χ0n) is 13.8. The fourth-order valence-corrected chi connectivity index (χ4v) is 2.25.